The van der Waals surface area contributed by atoms with Gasteiger partial charge < -0.3 is 25.5 Å². The molecule has 0 saturated heterocycles. The quantitative estimate of drug-likeness (QED) is 0.218. The van der Waals surface area contributed by atoms with Gasteiger partial charge in [0.1, 0.15) is 0 Å². The summed E-state index contributed by atoms with van der Waals surface area (Å²) in [5, 5.41) is 14.1. The van der Waals surface area contributed by atoms with Crippen molar-refractivity contribution < 1.29 is 33.6 Å². The number of carbonyl (C=O) groups is 2. The molecule has 0 unspecified atom stereocenters. The summed E-state index contributed by atoms with van der Waals surface area (Å²) in [6.07, 6.45) is -1.55. The molecule has 0 heterocycles. The molecule has 2 amide bonds. The molecule has 130 valence electrons. The van der Waals surface area contributed by atoms with Crippen LogP contribution in [0.25, 0.3) is 0 Å². The Morgan fingerprint density at radius 2 is 1.86 bits per heavy atom. The molecule has 0 aromatic rings. The smallest absolute Gasteiger partial charge is 0.396 e. The summed E-state index contributed by atoms with van der Waals surface area (Å²) < 4.78 is 15.4. The Kier molecular flexibility index (Phi) is 9.21. The van der Waals surface area contributed by atoms with Crippen molar-refractivity contribution in [1.82, 2.24) is 10.6 Å². The lowest BCUT2D eigenvalue weighted by Gasteiger charge is -2.31. The van der Waals surface area contributed by atoms with Crippen molar-refractivity contribution in [3.63, 3.8) is 0 Å². The monoisotopic (exact) mass is 358 g/mol. The molecule has 0 aliphatic carbocycles. The first-order chi connectivity index (χ1) is 10.0. The summed E-state index contributed by atoms with van der Waals surface area (Å²) in [6.45, 7) is 2.70. The van der Waals surface area contributed by atoms with E-state index in [9.17, 15) is 19.3 Å². The average molecular weight is 358 g/mol. The molecule has 11 heteroatoms. The topological polar surface area (TPSA) is 145 Å². The Morgan fingerprint density at radius 3 is 2.32 bits per heavy atom. The predicted molar refractivity (Wildman–Crippen MR) is 82.3 cm³/mol. The Labute approximate surface area is 134 Å². The van der Waals surface area contributed by atoms with Crippen molar-refractivity contribution in [2.45, 2.75) is 26.4 Å². The molecule has 0 bridgehead atoms. The van der Waals surface area contributed by atoms with Crippen molar-refractivity contribution in [3.05, 3.63) is 0 Å². The van der Waals surface area contributed by atoms with Gasteiger partial charge >= 0.3 is 7.82 Å². The van der Waals surface area contributed by atoms with Gasteiger partial charge in [-0.1, -0.05) is 13.8 Å². The third-order valence-electron chi connectivity index (χ3n) is 2.68. The number of thiol groups is 1. The van der Waals surface area contributed by atoms with E-state index < -0.39 is 31.9 Å². The summed E-state index contributed by atoms with van der Waals surface area (Å²) in [7, 11) is -4.91. The molecule has 0 aromatic carbocycles. The number of amides is 2. The zero-order chi connectivity index (χ0) is 17.4. The van der Waals surface area contributed by atoms with E-state index in [1.807, 2.05) is 0 Å². The first-order valence-electron chi connectivity index (χ1n) is 6.53. The Bertz CT molecular complexity index is 427. The molecule has 0 fully saturated rings. The van der Waals surface area contributed by atoms with E-state index in [2.05, 4.69) is 27.8 Å². The van der Waals surface area contributed by atoms with E-state index in [-0.39, 0.29) is 18.9 Å². The van der Waals surface area contributed by atoms with Crippen LogP contribution in [-0.4, -0.2) is 58.3 Å². The van der Waals surface area contributed by atoms with Crippen LogP contribution in [0, 0.1) is 5.41 Å². The van der Waals surface area contributed by atoms with Crippen LogP contribution in [0.5, 0.6) is 0 Å². The van der Waals surface area contributed by atoms with Crippen LogP contribution in [0.3, 0.4) is 0 Å². The molecular formula is C11H23N2O7PS. The molecule has 9 nitrogen and oxygen atoms in total. The van der Waals surface area contributed by atoms with E-state index in [1.54, 1.807) is 0 Å². The highest BCUT2D eigenvalue weighted by Gasteiger charge is 2.40. The summed E-state index contributed by atoms with van der Waals surface area (Å²) >= 11 is 3.93. The Morgan fingerprint density at radius 1 is 1.27 bits per heavy atom. The Hall–Kier alpha value is -0.640. The first-order valence-corrected chi connectivity index (χ1v) is 8.70. The van der Waals surface area contributed by atoms with Gasteiger partial charge in [0.2, 0.25) is 11.8 Å². The number of hydrogen-bond donors (Lipinski definition) is 6. The molecule has 0 aliphatic rings. The fourth-order valence-corrected chi connectivity index (χ4v) is 2.21. The highest BCUT2D eigenvalue weighted by Crippen LogP contribution is 2.41. The number of carbonyl (C=O) groups excluding carboxylic acids is 2. The minimum Gasteiger partial charge on any atom is -0.396 e. The maximum Gasteiger partial charge on any atom is 0.470 e. The van der Waals surface area contributed by atoms with Gasteiger partial charge in [-0.2, -0.15) is 12.6 Å². The fourth-order valence-electron chi connectivity index (χ4n) is 1.44. The van der Waals surface area contributed by atoms with Gasteiger partial charge in [-0.15, -0.1) is 0 Å². The van der Waals surface area contributed by atoms with Gasteiger partial charge in [-0.05, 0) is 0 Å². The van der Waals surface area contributed by atoms with Gasteiger partial charge in [0.25, 0.3) is 0 Å². The van der Waals surface area contributed by atoms with Gasteiger partial charge in [0.05, 0.1) is 6.61 Å². The van der Waals surface area contributed by atoms with E-state index in [1.165, 1.54) is 13.8 Å². The zero-order valence-corrected chi connectivity index (χ0v) is 14.3. The average Bonchev–Trinajstić information content (AvgIpc) is 2.41. The van der Waals surface area contributed by atoms with Crippen molar-refractivity contribution in [1.29, 1.82) is 0 Å². The number of nitrogens with one attached hydrogen (secondary N) is 2. The highest BCUT2D eigenvalue weighted by molar-refractivity contribution is 7.80. The lowest BCUT2D eigenvalue weighted by Crippen LogP contribution is -2.47. The molecule has 0 saturated carbocycles. The van der Waals surface area contributed by atoms with Crippen LogP contribution in [0.1, 0.15) is 20.3 Å². The SMILES string of the molecule is CC(C)(CO)[C@@H](OP(=O)(O)O)C(=O)NCCC(=O)NCCS. The molecule has 0 rings (SSSR count). The molecule has 1 atom stereocenters. The molecule has 22 heavy (non-hydrogen) atoms. The van der Waals surface area contributed by atoms with E-state index in [0.717, 1.165) is 0 Å². The second kappa shape index (κ2) is 9.49. The summed E-state index contributed by atoms with van der Waals surface area (Å²) in [5.41, 5.74) is -1.21. The summed E-state index contributed by atoms with van der Waals surface area (Å²) in [4.78, 5) is 41.1. The number of hydrogen-bond acceptors (Lipinski definition) is 6. The lowest BCUT2D eigenvalue weighted by molar-refractivity contribution is -0.136. The van der Waals surface area contributed by atoms with Crippen molar-refractivity contribution in [3.8, 4) is 0 Å². The van der Waals surface area contributed by atoms with E-state index >= 15 is 0 Å². The molecule has 0 spiro atoms. The second-order valence-corrected chi connectivity index (χ2v) is 6.88. The fraction of sp³-hybridized carbons (Fsp3) is 0.818. The number of phosphoric ester groups is 1. The minimum atomic E-state index is -4.91. The molecule has 0 aromatic heterocycles. The van der Waals surface area contributed by atoms with Gasteiger partial charge in [0, 0.05) is 30.7 Å². The van der Waals surface area contributed by atoms with Crippen LogP contribution >= 0.6 is 20.5 Å². The molecule has 0 aliphatic heterocycles. The van der Waals surface area contributed by atoms with Crippen molar-refractivity contribution >= 4 is 32.3 Å². The van der Waals surface area contributed by atoms with Crippen LogP contribution < -0.4 is 10.6 Å². The van der Waals surface area contributed by atoms with E-state index in [0.29, 0.717) is 12.3 Å². The number of aliphatic hydroxyl groups is 1. The van der Waals surface area contributed by atoms with Crippen molar-refractivity contribution in [2.24, 2.45) is 5.41 Å². The number of aliphatic hydroxyl groups excluding tert-OH is 1. The second-order valence-electron chi connectivity index (χ2n) is 5.24. The maximum absolute atomic E-state index is 12.0. The Balaban J connectivity index is 4.59. The largest absolute Gasteiger partial charge is 0.470 e. The lowest BCUT2D eigenvalue weighted by atomic mass is 9.87. The van der Waals surface area contributed by atoms with Gasteiger partial charge in [-0.3, -0.25) is 14.1 Å². The normalized spacial score (nSPS) is 13.5. The van der Waals surface area contributed by atoms with Crippen molar-refractivity contribution in [2.75, 3.05) is 25.4 Å². The number of phosphoric acid groups is 1. The third-order valence-corrected chi connectivity index (χ3v) is 3.39. The van der Waals surface area contributed by atoms with Crippen LogP contribution in [0.2, 0.25) is 0 Å². The van der Waals surface area contributed by atoms with Gasteiger partial charge in [0.15, 0.2) is 6.10 Å². The standard InChI is InChI=1S/C11H23N2O7PS/c1-11(2,7-14)9(20-21(17,18)19)10(16)13-4-3-8(15)12-5-6-22/h9,14,22H,3-7H2,1-2H3,(H,12,15)(H,13,16)(H2,17,18,19)/t9-/m0/s1. The predicted octanol–water partition coefficient (Wildman–Crippen LogP) is -0.965. The zero-order valence-electron chi connectivity index (χ0n) is 12.5. The third kappa shape index (κ3) is 8.72. The molecule has 0 radical (unpaired) electrons. The molecule has 5 N–H and O–H groups in total. The first kappa shape index (κ1) is 21.4. The highest BCUT2D eigenvalue weighted by atomic mass is 32.1. The van der Waals surface area contributed by atoms with Gasteiger partial charge in [-0.25, -0.2) is 4.57 Å². The van der Waals surface area contributed by atoms with E-state index in [4.69, 9.17) is 9.79 Å². The van der Waals surface area contributed by atoms with Crippen LogP contribution in [-0.2, 0) is 18.7 Å². The van der Waals surface area contributed by atoms with Crippen LogP contribution in [0.4, 0.5) is 0 Å². The maximum atomic E-state index is 12.0. The number of rotatable bonds is 10. The molecular weight excluding hydrogens is 335 g/mol. The summed E-state index contributed by atoms with van der Waals surface area (Å²) in [5.74, 6) is -0.617. The van der Waals surface area contributed by atoms with Crippen LogP contribution in [0.15, 0.2) is 0 Å². The summed E-state index contributed by atoms with van der Waals surface area (Å²) in [6, 6.07) is 0. The minimum absolute atomic E-state index is 0.00169.